The number of nitrogens with zero attached hydrogens (tertiary/aromatic N) is 1. The summed E-state index contributed by atoms with van der Waals surface area (Å²) in [6.45, 7) is 2.76. The predicted octanol–water partition coefficient (Wildman–Crippen LogP) is 3.37. The molecule has 1 N–H and O–H groups in total. The van der Waals surface area contributed by atoms with Crippen molar-refractivity contribution in [2.75, 3.05) is 19.4 Å². The van der Waals surface area contributed by atoms with E-state index in [-0.39, 0.29) is 5.91 Å². The molecule has 19 heavy (non-hydrogen) atoms. The third kappa shape index (κ3) is 3.43. The molecule has 0 bridgehead atoms. The highest BCUT2D eigenvalue weighted by Gasteiger charge is 2.12. The molecule has 0 atom stereocenters. The SMILES string of the molecule is Cc1ccsc1C(=O)Nc1ccccc1CN(C)C. The molecular formula is C15H18N2OS. The Hall–Kier alpha value is -1.65. The number of hydrogen-bond acceptors (Lipinski definition) is 3. The first-order valence-corrected chi connectivity index (χ1v) is 7.04. The van der Waals surface area contributed by atoms with E-state index in [1.54, 1.807) is 0 Å². The van der Waals surface area contributed by atoms with Gasteiger partial charge < -0.3 is 10.2 Å². The molecule has 0 aliphatic carbocycles. The molecule has 0 unspecified atom stereocenters. The van der Waals surface area contributed by atoms with Gasteiger partial charge >= 0.3 is 0 Å². The molecule has 0 aliphatic rings. The lowest BCUT2D eigenvalue weighted by Crippen LogP contribution is -2.16. The number of thiophene rings is 1. The smallest absolute Gasteiger partial charge is 0.266 e. The number of hydrogen-bond donors (Lipinski definition) is 1. The lowest BCUT2D eigenvalue weighted by Gasteiger charge is -2.14. The minimum absolute atomic E-state index is 0.0290. The molecule has 3 nitrogen and oxygen atoms in total. The quantitative estimate of drug-likeness (QED) is 0.927. The van der Waals surface area contributed by atoms with E-state index in [0.717, 1.165) is 28.2 Å². The number of para-hydroxylation sites is 1. The molecule has 1 amide bonds. The summed E-state index contributed by atoms with van der Waals surface area (Å²) in [6.07, 6.45) is 0. The van der Waals surface area contributed by atoms with E-state index in [0.29, 0.717) is 0 Å². The van der Waals surface area contributed by atoms with Crippen LogP contribution >= 0.6 is 11.3 Å². The minimum atomic E-state index is -0.0290. The summed E-state index contributed by atoms with van der Waals surface area (Å²) in [7, 11) is 4.03. The molecule has 1 aromatic carbocycles. The zero-order chi connectivity index (χ0) is 13.8. The summed E-state index contributed by atoms with van der Waals surface area (Å²) >= 11 is 1.47. The Labute approximate surface area is 117 Å². The van der Waals surface area contributed by atoms with Crippen LogP contribution in [-0.4, -0.2) is 24.9 Å². The van der Waals surface area contributed by atoms with Crippen molar-refractivity contribution in [3.8, 4) is 0 Å². The van der Waals surface area contributed by atoms with Gasteiger partial charge in [0.15, 0.2) is 0 Å². The maximum atomic E-state index is 12.2. The van der Waals surface area contributed by atoms with E-state index in [9.17, 15) is 4.79 Å². The first-order valence-electron chi connectivity index (χ1n) is 6.16. The van der Waals surface area contributed by atoms with Crippen molar-refractivity contribution in [2.24, 2.45) is 0 Å². The van der Waals surface area contributed by atoms with Crippen molar-refractivity contribution >= 4 is 22.9 Å². The van der Waals surface area contributed by atoms with Crippen LogP contribution < -0.4 is 5.32 Å². The fourth-order valence-electron chi connectivity index (χ4n) is 1.91. The fourth-order valence-corrected chi connectivity index (χ4v) is 2.73. The lowest BCUT2D eigenvalue weighted by molar-refractivity contribution is 0.103. The van der Waals surface area contributed by atoms with E-state index in [1.165, 1.54) is 11.3 Å². The molecule has 0 radical (unpaired) electrons. The molecule has 2 aromatic rings. The second kappa shape index (κ2) is 5.99. The van der Waals surface area contributed by atoms with Crippen molar-refractivity contribution < 1.29 is 4.79 Å². The normalized spacial score (nSPS) is 10.7. The Bertz CT molecular complexity index is 575. The molecule has 0 aliphatic heterocycles. The summed E-state index contributed by atoms with van der Waals surface area (Å²) < 4.78 is 0. The van der Waals surface area contributed by atoms with E-state index in [2.05, 4.69) is 10.2 Å². The van der Waals surface area contributed by atoms with Gasteiger partial charge in [0.1, 0.15) is 0 Å². The Morgan fingerprint density at radius 3 is 2.63 bits per heavy atom. The van der Waals surface area contributed by atoms with Crippen molar-refractivity contribution in [3.05, 3.63) is 51.7 Å². The molecule has 2 rings (SSSR count). The summed E-state index contributed by atoms with van der Waals surface area (Å²) in [5.74, 6) is -0.0290. The lowest BCUT2D eigenvalue weighted by atomic mass is 10.1. The van der Waals surface area contributed by atoms with Crippen LogP contribution in [0.15, 0.2) is 35.7 Å². The Balaban J connectivity index is 2.19. The molecule has 0 saturated carbocycles. The first kappa shape index (κ1) is 13.8. The number of anilines is 1. The van der Waals surface area contributed by atoms with Crippen LogP contribution in [0.2, 0.25) is 0 Å². The topological polar surface area (TPSA) is 32.3 Å². The Morgan fingerprint density at radius 2 is 2.00 bits per heavy atom. The monoisotopic (exact) mass is 274 g/mol. The zero-order valence-corrected chi connectivity index (χ0v) is 12.3. The summed E-state index contributed by atoms with van der Waals surface area (Å²) in [6, 6.07) is 9.88. The summed E-state index contributed by atoms with van der Waals surface area (Å²) in [5, 5.41) is 4.94. The van der Waals surface area contributed by atoms with Gasteiger partial charge in [0, 0.05) is 12.2 Å². The van der Waals surface area contributed by atoms with Gasteiger partial charge in [-0.3, -0.25) is 4.79 Å². The zero-order valence-electron chi connectivity index (χ0n) is 11.4. The molecule has 1 heterocycles. The van der Waals surface area contributed by atoms with E-state index >= 15 is 0 Å². The standard InChI is InChI=1S/C15H18N2OS/c1-11-8-9-19-14(11)15(18)16-13-7-5-4-6-12(13)10-17(2)3/h4-9H,10H2,1-3H3,(H,16,18). The number of aryl methyl sites for hydroxylation is 1. The van der Waals surface area contributed by atoms with Crippen LogP contribution in [0.4, 0.5) is 5.69 Å². The Kier molecular flexibility index (Phi) is 4.35. The van der Waals surface area contributed by atoms with Gasteiger partial charge in [-0.25, -0.2) is 0 Å². The highest BCUT2D eigenvalue weighted by molar-refractivity contribution is 7.12. The first-order chi connectivity index (χ1) is 9.08. The molecule has 100 valence electrons. The van der Waals surface area contributed by atoms with Crippen LogP contribution in [0.5, 0.6) is 0 Å². The van der Waals surface area contributed by atoms with E-state index in [1.807, 2.05) is 56.7 Å². The summed E-state index contributed by atoms with van der Waals surface area (Å²) in [5.41, 5.74) is 3.02. The number of amides is 1. The van der Waals surface area contributed by atoms with Gasteiger partial charge in [0.05, 0.1) is 4.88 Å². The number of carbonyl (C=O) groups is 1. The predicted molar refractivity (Wildman–Crippen MR) is 80.8 cm³/mol. The Morgan fingerprint density at radius 1 is 1.26 bits per heavy atom. The second-order valence-corrected chi connectivity index (χ2v) is 5.70. The van der Waals surface area contributed by atoms with Crippen LogP contribution in [0, 0.1) is 6.92 Å². The third-order valence-corrected chi connectivity index (χ3v) is 3.84. The average Bonchev–Trinajstić information content (AvgIpc) is 2.77. The van der Waals surface area contributed by atoms with Crippen LogP contribution in [0.25, 0.3) is 0 Å². The average molecular weight is 274 g/mol. The number of rotatable bonds is 4. The number of carbonyl (C=O) groups excluding carboxylic acids is 1. The van der Waals surface area contributed by atoms with Crippen LogP contribution in [-0.2, 0) is 6.54 Å². The van der Waals surface area contributed by atoms with Gasteiger partial charge in [-0.1, -0.05) is 18.2 Å². The maximum absolute atomic E-state index is 12.2. The highest BCUT2D eigenvalue weighted by atomic mass is 32.1. The van der Waals surface area contributed by atoms with Crippen molar-refractivity contribution in [2.45, 2.75) is 13.5 Å². The van der Waals surface area contributed by atoms with Gasteiger partial charge in [-0.05, 0) is 49.7 Å². The van der Waals surface area contributed by atoms with Gasteiger partial charge in [0.2, 0.25) is 0 Å². The minimum Gasteiger partial charge on any atom is -0.321 e. The van der Waals surface area contributed by atoms with Gasteiger partial charge in [-0.15, -0.1) is 11.3 Å². The van der Waals surface area contributed by atoms with Gasteiger partial charge in [-0.2, -0.15) is 0 Å². The summed E-state index contributed by atoms with van der Waals surface area (Å²) in [4.78, 5) is 15.1. The molecular weight excluding hydrogens is 256 g/mol. The van der Waals surface area contributed by atoms with E-state index in [4.69, 9.17) is 0 Å². The number of benzene rings is 1. The van der Waals surface area contributed by atoms with Crippen molar-refractivity contribution in [1.82, 2.24) is 4.90 Å². The second-order valence-electron chi connectivity index (χ2n) is 4.78. The van der Waals surface area contributed by atoms with E-state index < -0.39 is 0 Å². The van der Waals surface area contributed by atoms with Crippen LogP contribution in [0.3, 0.4) is 0 Å². The van der Waals surface area contributed by atoms with Gasteiger partial charge in [0.25, 0.3) is 5.91 Å². The largest absolute Gasteiger partial charge is 0.321 e. The van der Waals surface area contributed by atoms with Crippen molar-refractivity contribution in [1.29, 1.82) is 0 Å². The highest BCUT2D eigenvalue weighted by Crippen LogP contribution is 2.20. The molecule has 0 fully saturated rings. The molecule has 4 heteroatoms. The molecule has 0 spiro atoms. The number of nitrogens with one attached hydrogen (secondary N) is 1. The molecule has 1 aromatic heterocycles. The fraction of sp³-hybridized carbons (Fsp3) is 0.267. The maximum Gasteiger partial charge on any atom is 0.266 e. The third-order valence-electron chi connectivity index (χ3n) is 2.82. The van der Waals surface area contributed by atoms with Crippen molar-refractivity contribution in [3.63, 3.8) is 0 Å². The molecule has 0 saturated heterocycles. The van der Waals surface area contributed by atoms with Crippen LogP contribution in [0.1, 0.15) is 20.8 Å².